The van der Waals surface area contributed by atoms with E-state index in [0.29, 0.717) is 12.8 Å². The summed E-state index contributed by atoms with van der Waals surface area (Å²) in [5.41, 5.74) is 0. The number of hydrogen-bond donors (Lipinski definition) is 5. The Balaban J connectivity index is 3.75. The zero-order valence-corrected chi connectivity index (χ0v) is 29.6. The lowest BCUT2D eigenvalue weighted by atomic mass is 9.99. The Morgan fingerprint density at radius 1 is 0.523 bits per heavy atom. The van der Waals surface area contributed by atoms with E-state index in [2.05, 4.69) is 26.1 Å². The molecule has 0 aliphatic carbocycles. The molecule has 4 atom stereocenters. The molecule has 0 fully saturated rings. The number of amides is 1. The molecule has 0 heterocycles. The van der Waals surface area contributed by atoms with Crippen molar-refractivity contribution in [2.45, 2.75) is 225 Å². The Morgan fingerprint density at radius 2 is 0.864 bits per heavy atom. The summed E-state index contributed by atoms with van der Waals surface area (Å²) in [6, 6.07) is -0.978. The lowest BCUT2D eigenvalue weighted by molar-refractivity contribution is -0.132. The molecule has 0 spiro atoms. The molecule has 0 radical (unpaired) electrons. The molecule has 5 N–H and O–H groups in total. The molecular formula is C38H77NO5. The van der Waals surface area contributed by atoms with E-state index < -0.39 is 36.9 Å². The fourth-order valence-corrected chi connectivity index (χ4v) is 6.12. The number of hydrogen-bond acceptors (Lipinski definition) is 5. The number of rotatable bonds is 34. The van der Waals surface area contributed by atoms with Gasteiger partial charge in [0.25, 0.3) is 0 Å². The van der Waals surface area contributed by atoms with Gasteiger partial charge in [-0.15, -0.1) is 0 Å². The minimum absolute atomic E-state index is 0.374. The second kappa shape index (κ2) is 32.3. The predicted molar refractivity (Wildman–Crippen MR) is 187 cm³/mol. The van der Waals surface area contributed by atoms with Gasteiger partial charge in [0.2, 0.25) is 5.91 Å². The Hall–Kier alpha value is -0.690. The number of aliphatic hydroxyl groups excluding tert-OH is 4. The zero-order valence-electron chi connectivity index (χ0n) is 29.6. The molecule has 0 aromatic rings. The summed E-state index contributed by atoms with van der Waals surface area (Å²) in [4.78, 5) is 12.4. The van der Waals surface area contributed by atoms with Crippen molar-refractivity contribution < 1.29 is 25.2 Å². The van der Waals surface area contributed by atoms with E-state index in [1.54, 1.807) is 0 Å². The second-order valence-corrected chi connectivity index (χ2v) is 14.1. The van der Waals surface area contributed by atoms with Crippen LogP contribution in [0.2, 0.25) is 0 Å². The largest absolute Gasteiger partial charge is 0.394 e. The van der Waals surface area contributed by atoms with E-state index in [4.69, 9.17) is 0 Å². The fourth-order valence-electron chi connectivity index (χ4n) is 6.12. The normalized spacial score (nSPS) is 14.5. The summed E-state index contributed by atoms with van der Waals surface area (Å²) in [7, 11) is 0. The minimum Gasteiger partial charge on any atom is -0.394 e. The first-order chi connectivity index (χ1) is 21.3. The molecule has 6 heteroatoms. The van der Waals surface area contributed by atoms with Gasteiger partial charge < -0.3 is 25.7 Å². The van der Waals surface area contributed by atoms with Crippen LogP contribution in [0.25, 0.3) is 0 Å². The zero-order chi connectivity index (χ0) is 32.7. The third-order valence-corrected chi connectivity index (χ3v) is 9.25. The summed E-state index contributed by atoms with van der Waals surface area (Å²) < 4.78 is 0. The van der Waals surface area contributed by atoms with Gasteiger partial charge in [0.1, 0.15) is 12.2 Å². The second-order valence-electron chi connectivity index (χ2n) is 14.1. The van der Waals surface area contributed by atoms with Crippen LogP contribution in [0, 0.1) is 5.92 Å². The lowest BCUT2D eigenvalue weighted by Crippen LogP contribution is -2.53. The van der Waals surface area contributed by atoms with Crippen LogP contribution in [0.15, 0.2) is 0 Å². The highest BCUT2D eigenvalue weighted by Gasteiger charge is 2.28. The van der Waals surface area contributed by atoms with Gasteiger partial charge in [0, 0.05) is 0 Å². The number of unbranched alkanes of at least 4 members (excludes halogenated alkanes) is 23. The monoisotopic (exact) mass is 628 g/mol. The van der Waals surface area contributed by atoms with Gasteiger partial charge in [-0.1, -0.05) is 188 Å². The van der Waals surface area contributed by atoms with Crippen molar-refractivity contribution >= 4 is 5.91 Å². The molecule has 264 valence electrons. The Kier molecular flexibility index (Phi) is 31.8. The molecular weight excluding hydrogens is 550 g/mol. The van der Waals surface area contributed by atoms with Crippen LogP contribution < -0.4 is 5.32 Å². The van der Waals surface area contributed by atoms with Crippen LogP contribution in [0.5, 0.6) is 0 Å². The number of aliphatic hydroxyl groups is 4. The van der Waals surface area contributed by atoms with Crippen LogP contribution in [0.1, 0.15) is 201 Å². The van der Waals surface area contributed by atoms with E-state index in [9.17, 15) is 25.2 Å². The van der Waals surface area contributed by atoms with Gasteiger partial charge in [0.05, 0.1) is 18.8 Å². The maximum absolute atomic E-state index is 12.4. The van der Waals surface area contributed by atoms with Gasteiger partial charge in [-0.3, -0.25) is 4.79 Å². The average molecular weight is 628 g/mol. The SMILES string of the molecule is CCCCCCCCCCCCCCCCCCCC(O)C(=O)N[C@@H](CO)[C@H](O)[C@H](O)CCCCCCCCCCC(C)C. The third kappa shape index (κ3) is 27.6. The van der Waals surface area contributed by atoms with Gasteiger partial charge in [-0.2, -0.15) is 0 Å². The quantitative estimate of drug-likeness (QED) is 0.0457. The summed E-state index contributed by atoms with van der Waals surface area (Å²) in [6.45, 7) is 6.34. The van der Waals surface area contributed by atoms with Gasteiger partial charge in [-0.25, -0.2) is 0 Å². The smallest absolute Gasteiger partial charge is 0.249 e. The van der Waals surface area contributed by atoms with E-state index in [1.165, 1.54) is 128 Å². The van der Waals surface area contributed by atoms with Gasteiger partial charge in [-0.05, 0) is 18.8 Å². The summed E-state index contributed by atoms with van der Waals surface area (Å²) in [5, 5.41) is 43.4. The van der Waals surface area contributed by atoms with Gasteiger partial charge >= 0.3 is 0 Å². The minimum atomic E-state index is -1.25. The molecule has 0 saturated heterocycles. The number of carbonyl (C=O) groups is 1. The molecule has 0 rings (SSSR count). The topological polar surface area (TPSA) is 110 Å². The van der Waals surface area contributed by atoms with E-state index in [-0.39, 0.29) is 0 Å². The molecule has 44 heavy (non-hydrogen) atoms. The molecule has 0 saturated carbocycles. The summed E-state index contributed by atoms with van der Waals surface area (Å²) in [6.07, 6.45) is 29.9. The molecule has 0 bridgehead atoms. The lowest BCUT2D eigenvalue weighted by Gasteiger charge is -2.27. The van der Waals surface area contributed by atoms with Crippen LogP contribution >= 0.6 is 0 Å². The third-order valence-electron chi connectivity index (χ3n) is 9.25. The molecule has 0 aromatic heterocycles. The highest BCUT2D eigenvalue weighted by atomic mass is 16.3. The van der Waals surface area contributed by atoms with Gasteiger partial charge in [0.15, 0.2) is 0 Å². The Bertz CT molecular complexity index is 602. The highest BCUT2D eigenvalue weighted by molar-refractivity contribution is 5.80. The van der Waals surface area contributed by atoms with E-state index >= 15 is 0 Å². The van der Waals surface area contributed by atoms with Crippen molar-refractivity contribution in [3.63, 3.8) is 0 Å². The first-order valence-electron chi connectivity index (χ1n) is 19.3. The van der Waals surface area contributed by atoms with E-state index in [1.807, 2.05) is 0 Å². The summed E-state index contributed by atoms with van der Waals surface area (Å²) in [5.74, 6) is 0.208. The first kappa shape index (κ1) is 43.3. The van der Waals surface area contributed by atoms with Crippen molar-refractivity contribution in [1.82, 2.24) is 5.32 Å². The van der Waals surface area contributed by atoms with E-state index in [0.717, 1.165) is 44.4 Å². The molecule has 0 aliphatic rings. The maximum atomic E-state index is 12.4. The van der Waals surface area contributed by atoms with Crippen molar-refractivity contribution in [2.24, 2.45) is 5.92 Å². The maximum Gasteiger partial charge on any atom is 0.249 e. The molecule has 6 nitrogen and oxygen atoms in total. The molecule has 0 aromatic carbocycles. The average Bonchev–Trinajstić information content (AvgIpc) is 3.01. The van der Waals surface area contributed by atoms with Crippen LogP contribution in [0.4, 0.5) is 0 Å². The predicted octanol–water partition coefficient (Wildman–Crippen LogP) is 9.14. The first-order valence-corrected chi connectivity index (χ1v) is 19.3. The molecule has 1 unspecified atom stereocenters. The molecule has 0 aliphatic heterocycles. The standard InChI is InChI=1S/C38H77NO5/c1-4-5-6-7-8-9-10-11-12-13-14-15-16-17-22-25-28-31-36(42)38(44)39-34(32-40)37(43)35(41)30-27-24-21-19-18-20-23-26-29-33(2)3/h33-37,40-43H,4-32H2,1-3H3,(H,39,44)/t34-,35+,36?,37-/m0/s1. The number of carbonyl (C=O) groups excluding carboxylic acids is 1. The van der Waals surface area contributed by atoms with Crippen LogP contribution in [-0.4, -0.2) is 57.3 Å². The number of nitrogens with one attached hydrogen (secondary N) is 1. The van der Waals surface area contributed by atoms with Crippen LogP contribution in [-0.2, 0) is 4.79 Å². The Labute approximate surface area is 273 Å². The Morgan fingerprint density at radius 3 is 1.23 bits per heavy atom. The summed E-state index contributed by atoms with van der Waals surface area (Å²) >= 11 is 0. The molecule has 1 amide bonds. The van der Waals surface area contributed by atoms with Crippen molar-refractivity contribution in [1.29, 1.82) is 0 Å². The fraction of sp³-hybridized carbons (Fsp3) is 0.974. The van der Waals surface area contributed by atoms with Crippen molar-refractivity contribution in [3.8, 4) is 0 Å². The van der Waals surface area contributed by atoms with Crippen molar-refractivity contribution in [3.05, 3.63) is 0 Å². The van der Waals surface area contributed by atoms with Crippen LogP contribution in [0.3, 0.4) is 0 Å². The van der Waals surface area contributed by atoms with Crippen molar-refractivity contribution in [2.75, 3.05) is 6.61 Å². The highest BCUT2D eigenvalue weighted by Crippen LogP contribution is 2.17.